The third-order valence-electron chi connectivity index (χ3n) is 3.80. The minimum absolute atomic E-state index is 0.137. The van der Waals surface area contributed by atoms with Crippen molar-refractivity contribution in [2.75, 3.05) is 33.9 Å². The van der Waals surface area contributed by atoms with Crippen LogP contribution in [0.25, 0.3) is 0 Å². The average Bonchev–Trinajstić information content (AvgIpc) is 3.28. The summed E-state index contributed by atoms with van der Waals surface area (Å²) >= 11 is 0. The first-order valence-electron chi connectivity index (χ1n) is 6.84. The Hall–Kier alpha value is -1.75. The SMILES string of the molecule is COc1ccc(OCCN(C)C(=O)C2(CN)CC2)cc1. The Balaban J connectivity index is 1.76. The molecule has 1 fully saturated rings. The van der Waals surface area contributed by atoms with E-state index in [2.05, 4.69) is 0 Å². The van der Waals surface area contributed by atoms with Gasteiger partial charge in [0.05, 0.1) is 19.1 Å². The number of carbonyl (C=O) groups is 1. The largest absolute Gasteiger partial charge is 0.497 e. The highest BCUT2D eigenvalue weighted by molar-refractivity contribution is 5.85. The maximum Gasteiger partial charge on any atom is 0.229 e. The number of ether oxygens (including phenoxy) is 2. The van der Waals surface area contributed by atoms with Gasteiger partial charge in [-0.2, -0.15) is 0 Å². The fourth-order valence-corrected chi connectivity index (χ4v) is 2.13. The van der Waals surface area contributed by atoms with Crippen LogP contribution in [0.4, 0.5) is 0 Å². The quantitative estimate of drug-likeness (QED) is 0.816. The first kappa shape index (κ1) is 14.7. The van der Waals surface area contributed by atoms with E-state index < -0.39 is 0 Å². The van der Waals surface area contributed by atoms with Crippen molar-refractivity contribution in [3.05, 3.63) is 24.3 Å². The molecule has 110 valence electrons. The molecule has 0 saturated heterocycles. The van der Waals surface area contributed by atoms with E-state index in [0.29, 0.717) is 19.7 Å². The molecule has 0 radical (unpaired) electrons. The fraction of sp³-hybridized carbons (Fsp3) is 0.533. The van der Waals surface area contributed by atoms with Gasteiger partial charge in [-0.25, -0.2) is 0 Å². The molecule has 5 nitrogen and oxygen atoms in total. The molecule has 0 atom stereocenters. The van der Waals surface area contributed by atoms with Gasteiger partial charge < -0.3 is 20.1 Å². The van der Waals surface area contributed by atoms with Gasteiger partial charge in [-0.1, -0.05) is 0 Å². The Kier molecular flexibility index (Phi) is 4.49. The molecule has 1 aliphatic rings. The first-order valence-corrected chi connectivity index (χ1v) is 6.84. The second-order valence-corrected chi connectivity index (χ2v) is 5.24. The number of hydrogen-bond donors (Lipinski definition) is 1. The minimum Gasteiger partial charge on any atom is -0.497 e. The van der Waals surface area contributed by atoms with Gasteiger partial charge in [0.25, 0.3) is 0 Å². The lowest BCUT2D eigenvalue weighted by Crippen LogP contribution is -2.40. The van der Waals surface area contributed by atoms with Gasteiger partial charge in [0.15, 0.2) is 0 Å². The molecule has 1 aromatic carbocycles. The van der Waals surface area contributed by atoms with Crippen molar-refractivity contribution in [2.45, 2.75) is 12.8 Å². The molecule has 2 rings (SSSR count). The van der Waals surface area contributed by atoms with Gasteiger partial charge in [0, 0.05) is 13.6 Å². The Morgan fingerprint density at radius 3 is 2.40 bits per heavy atom. The summed E-state index contributed by atoms with van der Waals surface area (Å²) in [6, 6.07) is 7.39. The fourth-order valence-electron chi connectivity index (χ4n) is 2.13. The summed E-state index contributed by atoms with van der Waals surface area (Å²) in [6.45, 7) is 1.47. The van der Waals surface area contributed by atoms with Crippen LogP contribution in [0.5, 0.6) is 11.5 Å². The van der Waals surface area contributed by atoms with Crippen LogP contribution >= 0.6 is 0 Å². The molecule has 0 bridgehead atoms. The molecule has 1 saturated carbocycles. The van der Waals surface area contributed by atoms with Crippen LogP contribution in [0.1, 0.15) is 12.8 Å². The summed E-state index contributed by atoms with van der Waals surface area (Å²) in [5.41, 5.74) is 5.38. The third-order valence-corrected chi connectivity index (χ3v) is 3.80. The molecule has 1 amide bonds. The molecule has 20 heavy (non-hydrogen) atoms. The number of methoxy groups -OCH3 is 1. The van der Waals surface area contributed by atoms with Crippen molar-refractivity contribution in [2.24, 2.45) is 11.1 Å². The van der Waals surface area contributed by atoms with E-state index in [1.807, 2.05) is 24.3 Å². The predicted molar refractivity (Wildman–Crippen MR) is 76.8 cm³/mol. The maximum atomic E-state index is 12.2. The Morgan fingerprint density at radius 2 is 1.90 bits per heavy atom. The summed E-state index contributed by atoms with van der Waals surface area (Å²) in [5, 5.41) is 0. The molecular weight excluding hydrogens is 256 g/mol. The molecular formula is C15H22N2O3. The van der Waals surface area contributed by atoms with Crippen LogP contribution in [0, 0.1) is 5.41 Å². The highest BCUT2D eigenvalue weighted by Crippen LogP contribution is 2.45. The number of amides is 1. The normalized spacial score (nSPS) is 15.6. The van der Waals surface area contributed by atoms with E-state index >= 15 is 0 Å². The van der Waals surface area contributed by atoms with Crippen LogP contribution in [0.15, 0.2) is 24.3 Å². The highest BCUT2D eigenvalue weighted by atomic mass is 16.5. The van der Waals surface area contributed by atoms with Crippen LogP contribution in [-0.2, 0) is 4.79 Å². The minimum atomic E-state index is -0.283. The van der Waals surface area contributed by atoms with Gasteiger partial charge in [-0.15, -0.1) is 0 Å². The Bertz CT molecular complexity index is 455. The van der Waals surface area contributed by atoms with Crippen molar-refractivity contribution >= 4 is 5.91 Å². The van der Waals surface area contributed by atoms with E-state index in [1.54, 1.807) is 19.1 Å². The monoisotopic (exact) mass is 278 g/mol. The lowest BCUT2D eigenvalue weighted by molar-refractivity contribution is -0.135. The molecule has 0 unspecified atom stereocenters. The Morgan fingerprint density at radius 1 is 1.30 bits per heavy atom. The lowest BCUT2D eigenvalue weighted by atomic mass is 10.1. The van der Waals surface area contributed by atoms with Crippen LogP contribution < -0.4 is 15.2 Å². The average molecular weight is 278 g/mol. The molecule has 0 heterocycles. The summed E-state index contributed by atoms with van der Waals surface area (Å²) in [6.07, 6.45) is 1.82. The first-order chi connectivity index (χ1) is 9.61. The summed E-state index contributed by atoms with van der Waals surface area (Å²) in [4.78, 5) is 13.9. The topological polar surface area (TPSA) is 64.8 Å². The van der Waals surface area contributed by atoms with Gasteiger partial charge in [0.1, 0.15) is 18.1 Å². The van der Waals surface area contributed by atoms with Crippen molar-refractivity contribution in [3.8, 4) is 11.5 Å². The van der Waals surface area contributed by atoms with Crippen molar-refractivity contribution in [3.63, 3.8) is 0 Å². The van der Waals surface area contributed by atoms with Crippen molar-refractivity contribution in [1.82, 2.24) is 4.90 Å². The van der Waals surface area contributed by atoms with Crippen molar-refractivity contribution < 1.29 is 14.3 Å². The van der Waals surface area contributed by atoms with E-state index in [9.17, 15) is 4.79 Å². The van der Waals surface area contributed by atoms with E-state index in [-0.39, 0.29) is 11.3 Å². The number of rotatable bonds is 7. The second-order valence-electron chi connectivity index (χ2n) is 5.24. The zero-order chi connectivity index (χ0) is 14.6. The van der Waals surface area contributed by atoms with E-state index in [1.165, 1.54) is 0 Å². The molecule has 5 heteroatoms. The van der Waals surface area contributed by atoms with E-state index in [4.69, 9.17) is 15.2 Å². The molecule has 1 aliphatic carbocycles. The smallest absolute Gasteiger partial charge is 0.229 e. The Labute approximate surface area is 119 Å². The number of carbonyl (C=O) groups excluding carboxylic acids is 1. The second kappa shape index (κ2) is 6.13. The summed E-state index contributed by atoms with van der Waals surface area (Å²) < 4.78 is 10.7. The molecule has 0 aliphatic heterocycles. The standard InChI is InChI=1S/C15H22N2O3/c1-17(14(18)15(11-16)7-8-15)9-10-20-13-5-3-12(19-2)4-6-13/h3-6H,7-11,16H2,1-2H3. The third kappa shape index (κ3) is 3.22. The molecule has 1 aromatic rings. The van der Waals surface area contributed by atoms with Gasteiger partial charge in [0.2, 0.25) is 5.91 Å². The zero-order valence-electron chi connectivity index (χ0n) is 12.1. The van der Waals surface area contributed by atoms with Crippen LogP contribution in [-0.4, -0.2) is 44.7 Å². The number of hydrogen-bond acceptors (Lipinski definition) is 4. The number of nitrogens with zero attached hydrogens (tertiary/aromatic N) is 1. The van der Waals surface area contributed by atoms with Crippen LogP contribution in [0.3, 0.4) is 0 Å². The summed E-state index contributed by atoms with van der Waals surface area (Å²) in [5.74, 6) is 1.70. The summed E-state index contributed by atoms with van der Waals surface area (Å²) in [7, 11) is 3.43. The number of likely N-dealkylation sites (N-methyl/N-ethyl adjacent to an activating group) is 1. The molecule has 2 N–H and O–H groups in total. The zero-order valence-corrected chi connectivity index (χ0v) is 12.1. The number of benzene rings is 1. The molecule has 0 aromatic heterocycles. The van der Waals surface area contributed by atoms with E-state index in [0.717, 1.165) is 24.3 Å². The van der Waals surface area contributed by atoms with Crippen molar-refractivity contribution in [1.29, 1.82) is 0 Å². The predicted octanol–water partition coefficient (Wildman–Crippen LogP) is 1.27. The lowest BCUT2D eigenvalue weighted by Gasteiger charge is -2.22. The molecule has 0 spiro atoms. The highest BCUT2D eigenvalue weighted by Gasteiger charge is 2.49. The van der Waals surface area contributed by atoms with Gasteiger partial charge >= 0.3 is 0 Å². The maximum absolute atomic E-state index is 12.2. The van der Waals surface area contributed by atoms with Gasteiger partial charge in [-0.05, 0) is 37.1 Å². The number of nitrogens with two attached hydrogens (primary N) is 1. The van der Waals surface area contributed by atoms with Crippen LogP contribution in [0.2, 0.25) is 0 Å². The van der Waals surface area contributed by atoms with Gasteiger partial charge in [-0.3, -0.25) is 4.79 Å².